The minimum Gasteiger partial charge on any atom is -0.466 e. The van der Waals surface area contributed by atoms with Crippen molar-refractivity contribution in [3.63, 3.8) is 0 Å². The van der Waals surface area contributed by atoms with Crippen molar-refractivity contribution in [3.05, 3.63) is 62.4 Å². The Balaban J connectivity index is 1.52. The molecule has 1 atom stereocenters. The Morgan fingerprint density at radius 2 is 2.03 bits per heavy atom. The van der Waals surface area contributed by atoms with Gasteiger partial charge in [0.1, 0.15) is 0 Å². The maximum Gasteiger partial charge on any atom is 0.338 e. The van der Waals surface area contributed by atoms with Gasteiger partial charge in [-0.15, -0.1) is 11.3 Å². The molecule has 1 saturated heterocycles. The summed E-state index contributed by atoms with van der Waals surface area (Å²) in [5.74, 6) is -0.436. The summed E-state index contributed by atoms with van der Waals surface area (Å²) in [6.07, 6.45) is 0. The number of nitrogens with one attached hydrogen (secondary N) is 2. The molecule has 2 aromatic rings. The second kappa shape index (κ2) is 9.30. The number of benzene rings is 1. The van der Waals surface area contributed by atoms with Crippen LogP contribution in [0.4, 0.5) is 10.5 Å². The Morgan fingerprint density at radius 1 is 1.26 bits per heavy atom. The van der Waals surface area contributed by atoms with Crippen LogP contribution < -0.4 is 15.5 Å². The number of hydrogen-bond acceptors (Lipinski definition) is 6. The van der Waals surface area contributed by atoms with Crippen LogP contribution in [0.1, 0.15) is 16.5 Å². The SMILES string of the molecule is COC(=O)C1=C(CN2CCN(c3cc(Cl)ccc3C)CC2)NC(=O)NC1c1cccs1. The first-order chi connectivity index (χ1) is 15.0. The van der Waals surface area contributed by atoms with Crippen LogP contribution >= 0.6 is 22.9 Å². The monoisotopic (exact) mass is 460 g/mol. The zero-order chi connectivity index (χ0) is 22.0. The Hall–Kier alpha value is -2.55. The Bertz CT molecular complexity index is 1000. The van der Waals surface area contributed by atoms with Crippen molar-refractivity contribution in [2.24, 2.45) is 0 Å². The molecule has 2 N–H and O–H groups in total. The number of nitrogens with zero attached hydrogens (tertiary/aromatic N) is 2. The number of piperazine rings is 1. The number of anilines is 1. The smallest absolute Gasteiger partial charge is 0.338 e. The van der Waals surface area contributed by atoms with E-state index in [4.69, 9.17) is 16.3 Å². The molecule has 2 amide bonds. The van der Waals surface area contributed by atoms with Crippen molar-refractivity contribution in [2.75, 3.05) is 44.7 Å². The molecule has 3 heterocycles. The summed E-state index contributed by atoms with van der Waals surface area (Å²) in [5.41, 5.74) is 3.39. The van der Waals surface area contributed by atoms with Gasteiger partial charge in [0.15, 0.2) is 0 Å². The maximum atomic E-state index is 12.6. The Labute approximate surface area is 190 Å². The highest BCUT2D eigenvalue weighted by Gasteiger charge is 2.35. The molecule has 2 aliphatic heterocycles. The van der Waals surface area contributed by atoms with Crippen molar-refractivity contribution in [1.82, 2.24) is 15.5 Å². The number of methoxy groups -OCH3 is 1. The number of halogens is 1. The van der Waals surface area contributed by atoms with Crippen LogP contribution in [-0.4, -0.2) is 56.7 Å². The van der Waals surface area contributed by atoms with Gasteiger partial charge in [-0.2, -0.15) is 0 Å². The zero-order valence-electron chi connectivity index (χ0n) is 17.5. The lowest BCUT2D eigenvalue weighted by Crippen LogP contribution is -2.51. The standard InChI is InChI=1S/C22H25ClN4O3S/c1-14-5-6-15(23)12-17(14)27-9-7-26(8-10-27)13-16-19(21(28)30-2)20(25-22(29)24-16)18-4-3-11-31-18/h3-6,11-12,20H,7-10,13H2,1-2H3,(H2,24,25,29). The fourth-order valence-corrected chi connectivity index (χ4v) is 5.01. The summed E-state index contributed by atoms with van der Waals surface area (Å²) in [6.45, 7) is 5.84. The maximum absolute atomic E-state index is 12.6. The summed E-state index contributed by atoms with van der Waals surface area (Å²) >= 11 is 7.69. The van der Waals surface area contributed by atoms with Crippen LogP contribution in [0, 0.1) is 6.92 Å². The van der Waals surface area contributed by atoms with Gasteiger partial charge in [-0.3, -0.25) is 4.90 Å². The van der Waals surface area contributed by atoms with Crippen LogP contribution in [0.5, 0.6) is 0 Å². The van der Waals surface area contributed by atoms with E-state index in [1.165, 1.54) is 24.0 Å². The molecular weight excluding hydrogens is 436 g/mol. The van der Waals surface area contributed by atoms with E-state index in [1.54, 1.807) is 0 Å². The van der Waals surface area contributed by atoms with Crippen LogP contribution in [0.25, 0.3) is 0 Å². The highest BCUT2D eigenvalue weighted by Crippen LogP contribution is 2.31. The summed E-state index contributed by atoms with van der Waals surface area (Å²) < 4.78 is 5.05. The second-order valence-electron chi connectivity index (χ2n) is 7.62. The van der Waals surface area contributed by atoms with Gasteiger partial charge in [-0.1, -0.05) is 23.7 Å². The van der Waals surface area contributed by atoms with Gasteiger partial charge in [0, 0.05) is 54.0 Å². The number of ether oxygens (including phenoxy) is 1. The number of urea groups is 1. The first-order valence-electron chi connectivity index (χ1n) is 10.1. The highest BCUT2D eigenvalue weighted by molar-refractivity contribution is 7.10. The third kappa shape index (κ3) is 4.71. The van der Waals surface area contributed by atoms with E-state index in [9.17, 15) is 9.59 Å². The molecule has 0 saturated carbocycles. The molecule has 0 aliphatic carbocycles. The Morgan fingerprint density at radius 3 is 2.71 bits per heavy atom. The van der Waals surface area contributed by atoms with E-state index in [2.05, 4.69) is 27.4 Å². The topological polar surface area (TPSA) is 73.9 Å². The number of carbonyl (C=O) groups excluding carboxylic acids is 2. The average molecular weight is 461 g/mol. The molecule has 1 aromatic carbocycles. The largest absolute Gasteiger partial charge is 0.466 e. The molecule has 31 heavy (non-hydrogen) atoms. The van der Waals surface area contributed by atoms with Crippen molar-refractivity contribution >= 4 is 40.6 Å². The van der Waals surface area contributed by atoms with Gasteiger partial charge in [-0.25, -0.2) is 9.59 Å². The van der Waals surface area contributed by atoms with Crippen molar-refractivity contribution in [1.29, 1.82) is 0 Å². The van der Waals surface area contributed by atoms with Gasteiger partial charge in [0.05, 0.1) is 18.7 Å². The fraction of sp³-hybridized carbons (Fsp3) is 0.364. The fourth-order valence-electron chi connectivity index (χ4n) is 4.06. The zero-order valence-corrected chi connectivity index (χ0v) is 19.1. The van der Waals surface area contributed by atoms with E-state index in [1.807, 2.05) is 35.7 Å². The molecule has 164 valence electrons. The van der Waals surface area contributed by atoms with E-state index in [0.717, 1.165) is 41.8 Å². The number of hydrogen-bond donors (Lipinski definition) is 2. The first-order valence-corrected chi connectivity index (χ1v) is 11.4. The van der Waals surface area contributed by atoms with Crippen LogP contribution in [0.3, 0.4) is 0 Å². The number of esters is 1. The molecule has 0 bridgehead atoms. The number of aryl methyl sites for hydroxylation is 1. The molecule has 1 aromatic heterocycles. The molecule has 0 radical (unpaired) electrons. The molecule has 0 spiro atoms. The lowest BCUT2D eigenvalue weighted by molar-refractivity contribution is -0.136. The first kappa shape index (κ1) is 21.7. The van der Waals surface area contributed by atoms with E-state index >= 15 is 0 Å². The molecule has 9 heteroatoms. The lowest BCUT2D eigenvalue weighted by atomic mass is 10.0. The van der Waals surface area contributed by atoms with Gasteiger partial charge < -0.3 is 20.3 Å². The molecule has 2 aliphatic rings. The highest BCUT2D eigenvalue weighted by atomic mass is 35.5. The van der Waals surface area contributed by atoms with E-state index in [0.29, 0.717) is 17.8 Å². The summed E-state index contributed by atoms with van der Waals surface area (Å²) in [6, 6.07) is 8.94. The Kier molecular flexibility index (Phi) is 6.50. The third-order valence-electron chi connectivity index (χ3n) is 5.65. The number of rotatable bonds is 5. The minimum atomic E-state index is -0.508. The number of thiophene rings is 1. The van der Waals surface area contributed by atoms with E-state index < -0.39 is 12.0 Å². The molecular formula is C22H25ClN4O3S. The predicted molar refractivity (Wildman–Crippen MR) is 123 cm³/mol. The summed E-state index contributed by atoms with van der Waals surface area (Å²) in [5, 5.41) is 8.35. The molecule has 7 nitrogen and oxygen atoms in total. The normalized spacial score (nSPS) is 19.8. The van der Waals surface area contributed by atoms with Gasteiger partial charge in [-0.05, 0) is 36.1 Å². The van der Waals surface area contributed by atoms with Gasteiger partial charge in [0.25, 0.3) is 0 Å². The minimum absolute atomic E-state index is 0.311. The average Bonchev–Trinajstić information content (AvgIpc) is 3.30. The van der Waals surface area contributed by atoms with E-state index in [-0.39, 0.29) is 6.03 Å². The van der Waals surface area contributed by atoms with Crippen molar-refractivity contribution in [2.45, 2.75) is 13.0 Å². The molecule has 1 unspecified atom stereocenters. The number of amides is 2. The van der Waals surface area contributed by atoms with Crippen LogP contribution in [-0.2, 0) is 9.53 Å². The molecule has 4 rings (SSSR count). The third-order valence-corrected chi connectivity index (χ3v) is 6.82. The molecule has 1 fully saturated rings. The van der Waals surface area contributed by atoms with Crippen molar-refractivity contribution < 1.29 is 14.3 Å². The lowest BCUT2D eigenvalue weighted by Gasteiger charge is -2.38. The summed E-state index contributed by atoms with van der Waals surface area (Å²) in [7, 11) is 1.36. The van der Waals surface area contributed by atoms with Crippen LogP contribution in [0.2, 0.25) is 5.02 Å². The quantitative estimate of drug-likeness (QED) is 0.669. The number of carbonyl (C=O) groups is 2. The predicted octanol–water partition coefficient (Wildman–Crippen LogP) is 3.31. The van der Waals surface area contributed by atoms with Crippen molar-refractivity contribution in [3.8, 4) is 0 Å². The summed E-state index contributed by atoms with van der Waals surface area (Å²) in [4.78, 5) is 30.4. The van der Waals surface area contributed by atoms with Crippen LogP contribution in [0.15, 0.2) is 47.0 Å². The second-order valence-corrected chi connectivity index (χ2v) is 9.04. The van der Waals surface area contributed by atoms with Gasteiger partial charge >= 0.3 is 12.0 Å². The van der Waals surface area contributed by atoms with Gasteiger partial charge in [0.2, 0.25) is 0 Å².